The molecule has 2 aromatic rings. The summed E-state index contributed by atoms with van der Waals surface area (Å²) in [6.45, 7) is 2.15. The van der Waals surface area contributed by atoms with Crippen LogP contribution in [0.4, 0.5) is 0 Å². The summed E-state index contributed by atoms with van der Waals surface area (Å²) >= 11 is 0. The molecule has 1 aliphatic carbocycles. The SMILES string of the molecule is CCc1cc(C#CC2CC2)ccc1-c1cn[nH]n1. The zero-order chi connectivity index (χ0) is 12.4. The van der Waals surface area contributed by atoms with Crippen molar-refractivity contribution < 1.29 is 0 Å². The lowest BCUT2D eigenvalue weighted by Gasteiger charge is -2.05. The van der Waals surface area contributed by atoms with Crippen LogP contribution in [0.25, 0.3) is 11.3 Å². The predicted molar refractivity (Wildman–Crippen MR) is 70.8 cm³/mol. The van der Waals surface area contributed by atoms with Gasteiger partial charge in [-0.25, -0.2) is 0 Å². The van der Waals surface area contributed by atoms with Crippen LogP contribution in [0, 0.1) is 17.8 Å². The molecule has 0 atom stereocenters. The monoisotopic (exact) mass is 237 g/mol. The number of aromatic nitrogens is 3. The number of hydrogen-bond acceptors (Lipinski definition) is 2. The fourth-order valence-corrected chi connectivity index (χ4v) is 1.96. The van der Waals surface area contributed by atoms with E-state index in [9.17, 15) is 0 Å². The van der Waals surface area contributed by atoms with Crippen molar-refractivity contribution in [3.8, 4) is 23.1 Å². The van der Waals surface area contributed by atoms with Crippen molar-refractivity contribution in [1.82, 2.24) is 15.4 Å². The van der Waals surface area contributed by atoms with Gasteiger partial charge >= 0.3 is 0 Å². The zero-order valence-corrected chi connectivity index (χ0v) is 10.4. The zero-order valence-electron chi connectivity index (χ0n) is 10.4. The normalized spacial score (nSPS) is 14.1. The van der Waals surface area contributed by atoms with E-state index in [1.54, 1.807) is 6.20 Å². The van der Waals surface area contributed by atoms with Gasteiger partial charge in [0.1, 0.15) is 5.69 Å². The Hall–Kier alpha value is -2.08. The van der Waals surface area contributed by atoms with Crippen LogP contribution < -0.4 is 0 Å². The van der Waals surface area contributed by atoms with Gasteiger partial charge in [0.15, 0.2) is 0 Å². The highest BCUT2D eigenvalue weighted by Gasteiger charge is 2.17. The lowest BCUT2D eigenvalue weighted by Crippen LogP contribution is -1.90. The lowest BCUT2D eigenvalue weighted by atomic mass is 10.00. The molecule has 1 saturated carbocycles. The van der Waals surface area contributed by atoms with E-state index in [-0.39, 0.29) is 0 Å². The summed E-state index contributed by atoms with van der Waals surface area (Å²) in [4.78, 5) is 0. The van der Waals surface area contributed by atoms with Crippen molar-refractivity contribution >= 4 is 0 Å². The number of hydrogen-bond donors (Lipinski definition) is 1. The molecule has 1 aromatic heterocycles. The number of benzene rings is 1. The maximum Gasteiger partial charge on any atom is 0.113 e. The van der Waals surface area contributed by atoms with Crippen molar-refractivity contribution in [3.63, 3.8) is 0 Å². The van der Waals surface area contributed by atoms with E-state index in [1.165, 1.54) is 18.4 Å². The van der Waals surface area contributed by atoms with E-state index in [1.807, 2.05) is 0 Å². The highest BCUT2D eigenvalue weighted by atomic mass is 15.3. The Bertz CT molecular complexity index is 598. The third-order valence-corrected chi connectivity index (χ3v) is 3.18. The van der Waals surface area contributed by atoms with E-state index in [0.717, 1.165) is 23.2 Å². The van der Waals surface area contributed by atoms with Crippen LogP contribution in [0.3, 0.4) is 0 Å². The molecule has 1 heterocycles. The van der Waals surface area contributed by atoms with Gasteiger partial charge in [-0.3, -0.25) is 0 Å². The molecule has 1 aliphatic rings. The molecule has 3 rings (SSSR count). The fourth-order valence-electron chi connectivity index (χ4n) is 1.96. The first kappa shape index (κ1) is 11.0. The average Bonchev–Trinajstić information content (AvgIpc) is 3.08. The molecular weight excluding hydrogens is 222 g/mol. The molecule has 0 radical (unpaired) electrons. The molecule has 18 heavy (non-hydrogen) atoms. The minimum absolute atomic E-state index is 0.644. The van der Waals surface area contributed by atoms with Gasteiger partial charge in [-0.1, -0.05) is 24.8 Å². The van der Waals surface area contributed by atoms with Gasteiger partial charge < -0.3 is 0 Å². The molecule has 0 saturated heterocycles. The van der Waals surface area contributed by atoms with Crippen LogP contribution in [0.5, 0.6) is 0 Å². The molecule has 0 unspecified atom stereocenters. The van der Waals surface area contributed by atoms with Crippen molar-refractivity contribution in [1.29, 1.82) is 0 Å². The second-order valence-corrected chi connectivity index (χ2v) is 4.62. The summed E-state index contributed by atoms with van der Waals surface area (Å²) in [7, 11) is 0. The molecule has 3 heteroatoms. The van der Waals surface area contributed by atoms with E-state index in [0.29, 0.717) is 5.92 Å². The van der Waals surface area contributed by atoms with Gasteiger partial charge in [0.2, 0.25) is 0 Å². The summed E-state index contributed by atoms with van der Waals surface area (Å²) in [5.41, 5.74) is 4.41. The predicted octanol–water partition coefficient (Wildman–Crippen LogP) is 2.80. The number of nitrogens with one attached hydrogen (secondary N) is 1. The Balaban J connectivity index is 1.95. The fraction of sp³-hybridized carbons (Fsp3) is 0.333. The Labute approximate surface area is 107 Å². The second-order valence-electron chi connectivity index (χ2n) is 4.62. The highest BCUT2D eigenvalue weighted by molar-refractivity contribution is 5.64. The van der Waals surface area contributed by atoms with Gasteiger partial charge in [0.05, 0.1) is 6.20 Å². The molecule has 0 bridgehead atoms. The number of H-pyrrole nitrogens is 1. The maximum atomic E-state index is 4.14. The summed E-state index contributed by atoms with van der Waals surface area (Å²) in [6, 6.07) is 6.32. The van der Waals surface area contributed by atoms with Crippen molar-refractivity contribution in [3.05, 3.63) is 35.5 Å². The molecule has 0 aliphatic heterocycles. The summed E-state index contributed by atoms with van der Waals surface area (Å²) in [6.07, 6.45) is 5.26. The third-order valence-electron chi connectivity index (χ3n) is 3.18. The minimum Gasteiger partial charge on any atom is -0.197 e. The van der Waals surface area contributed by atoms with Gasteiger partial charge in [0.25, 0.3) is 0 Å². The van der Waals surface area contributed by atoms with Gasteiger partial charge in [0, 0.05) is 17.0 Å². The number of rotatable bonds is 2. The lowest BCUT2D eigenvalue weighted by molar-refractivity contribution is 0.941. The quantitative estimate of drug-likeness (QED) is 0.816. The number of nitrogens with zero attached hydrogens (tertiary/aromatic N) is 2. The number of aromatic amines is 1. The first-order valence-electron chi connectivity index (χ1n) is 6.37. The number of aryl methyl sites for hydroxylation is 1. The molecule has 0 amide bonds. The summed E-state index contributed by atoms with van der Waals surface area (Å²) < 4.78 is 0. The maximum absolute atomic E-state index is 4.14. The summed E-state index contributed by atoms with van der Waals surface area (Å²) in [5.74, 6) is 7.20. The van der Waals surface area contributed by atoms with E-state index >= 15 is 0 Å². The van der Waals surface area contributed by atoms with Crippen molar-refractivity contribution in [2.75, 3.05) is 0 Å². The smallest absolute Gasteiger partial charge is 0.113 e. The molecule has 90 valence electrons. The second kappa shape index (κ2) is 4.66. The van der Waals surface area contributed by atoms with Crippen LogP contribution in [-0.2, 0) is 6.42 Å². The van der Waals surface area contributed by atoms with E-state index in [4.69, 9.17) is 0 Å². The van der Waals surface area contributed by atoms with E-state index < -0.39 is 0 Å². The Morgan fingerprint density at radius 2 is 2.28 bits per heavy atom. The molecule has 0 spiro atoms. The largest absolute Gasteiger partial charge is 0.197 e. The first-order valence-corrected chi connectivity index (χ1v) is 6.37. The van der Waals surface area contributed by atoms with E-state index in [2.05, 4.69) is 52.4 Å². The van der Waals surface area contributed by atoms with Crippen molar-refractivity contribution in [2.45, 2.75) is 26.2 Å². The van der Waals surface area contributed by atoms with Gasteiger partial charge in [-0.15, -0.1) is 0 Å². The molecule has 1 fully saturated rings. The van der Waals surface area contributed by atoms with Crippen LogP contribution in [0.2, 0.25) is 0 Å². The molecule has 1 aromatic carbocycles. The molecular formula is C15H15N3. The minimum atomic E-state index is 0.644. The standard InChI is InChI=1S/C15H15N3/c1-2-13-9-12(6-5-11-3-4-11)7-8-14(13)15-10-16-18-17-15/h7-11H,2-4H2,1H3,(H,16,17,18). The topological polar surface area (TPSA) is 41.6 Å². The van der Waals surface area contributed by atoms with Crippen LogP contribution in [0.15, 0.2) is 24.4 Å². The Morgan fingerprint density at radius 1 is 1.39 bits per heavy atom. The van der Waals surface area contributed by atoms with Gasteiger partial charge in [-0.2, -0.15) is 15.4 Å². The first-order chi connectivity index (χ1) is 8.86. The van der Waals surface area contributed by atoms with Crippen LogP contribution in [-0.4, -0.2) is 15.4 Å². The van der Waals surface area contributed by atoms with Crippen molar-refractivity contribution in [2.24, 2.45) is 5.92 Å². The Kier molecular flexibility index (Phi) is 2.85. The van der Waals surface area contributed by atoms with Crippen LogP contribution >= 0.6 is 0 Å². The third kappa shape index (κ3) is 2.28. The van der Waals surface area contributed by atoms with Gasteiger partial charge in [-0.05, 0) is 37.0 Å². The average molecular weight is 237 g/mol. The molecule has 1 N–H and O–H groups in total. The van der Waals surface area contributed by atoms with Crippen LogP contribution in [0.1, 0.15) is 30.9 Å². The highest BCUT2D eigenvalue weighted by Crippen LogP contribution is 2.28. The Morgan fingerprint density at radius 3 is 2.94 bits per heavy atom. The molecule has 3 nitrogen and oxygen atoms in total. The summed E-state index contributed by atoms with van der Waals surface area (Å²) in [5, 5.41) is 10.7.